The fraction of sp³-hybridized carbons (Fsp3) is 0.429. The summed E-state index contributed by atoms with van der Waals surface area (Å²) in [7, 11) is 2.70. The molecule has 32 heavy (non-hydrogen) atoms. The van der Waals surface area contributed by atoms with Crippen molar-refractivity contribution in [2.24, 2.45) is 5.41 Å². The SMILES string of the molecule is COc1cccc([C@H]2N[C@@H](c3cccc(OC)c3O)[C@H]([N+](=O)[O-])C(C)(C)[C@H]2[N+](=O)[O-])c1O. The molecule has 1 fully saturated rings. The van der Waals surface area contributed by atoms with Gasteiger partial charge in [-0.25, -0.2) is 0 Å². The van der Waals surface area contributed by atoms with Gasteiger partial charge in [0.15, 0.2) is 23.0 Å². The van der Waals surface area contributed by atoms with E-state index < -0.39 is 39.4 Å². The van der Waals surface area contributed by atoms with Crippen molar-refractivity contribution >= 4 is 0 Å². The highest BCUT2D eigenvalue weighted by molar-refractivity contribution is 5.50. The lowest BCUT2D eigenvalue weighted by Crippen LogP contribution is -2.63. The molecule has 0 aliphatic carbocycles. The molecule has 1 saturated heterocycles. The molecule has 3 rings (SSSR count). The molecule has 172 valence electrons. The third-order valence-corrected chi connectivity index (χ3v) is 6.14. The van der Waals surface area contributed by atoms with E-state index in [4.69, 9.17) is 9.47 Å². The number of ether oxygens (including phenoxy) is 2. The minimum Gasteiger partial charge on any atom is -0.504 e. The number of rotatable bonds is 6. The van der Waals surface area contributed by atoms with E-state index in [9.17, 15) is 30.4 Å². The Morgan fingerprint density at radius 3 is 1.53 bits per heavy atom. The monoisotopic (exact) mass is 447 g/mol. The number of methoxy groups -OCH3 is 2. The number of aromatic hydroxyl groups is 2. The van der Waals surface area contributed by atoms with Gasteiger partial charge in [0.05, 0.1) is 14.2 Å². The van der Waals surface area contributed by atoms with E-state index in [-0.39, 0.29) is 34.1 Å². The second-order valence-electron chi connectivity index (χ2n) is 8.20. The summed E-state index contributed by atoms with van der Waals surface area (Å²) in [6.45, 7) is 2.90. The second-order valence-corrected chi connectivity index (χ2v) is 8.20. The van der Waals surface area contributed by atoms with Gasteiger partial charge in [-0.3, -0.25) is 25.5 Å². The Labute approximate surface area is 183 Å². The van der Waals surface area contributed by atoms with E-state index in [2.05, 4.69) is 5.32 Å². The minimum atomic E-state index is -1.49. The van der Waals surface area contributed by atoms with Crippen LogP contribution in [0, 0.1) is 25.6 Å². The van der Waals surface area contributed by atoms with Crippen molar-refractivity contribution in [1.82, 2.24) is 5.32 Å². The standard InChI is InChI=1S/C21H25N3O8/c1-21(2)19(23(27)28)15(11-7-5-9-13(31-3)17(11)25)22-16(20(21)24(29)30)12-8-6-10-14(32-4)18(12)26/h5-10,15-16,19-20,22,25-26H,1-4H3/t15-,16+,19-,20-/m0/s1. The summed E-state index contributed by atoms with van der Waals surface area (Å²) < 4.78 is 10.3. The van der Waals surface area contributed by atoms with E-state index in [0.717, 1.165) is 0 Å². The average molecular weight is 447 g/mol. The smallest absolute Gasteiger partial charge is 0.244 e. The molecule has 4 atom stereocenters. The van der Waals surface area contributed by atoms with E-state index in [0.29, 0.717) is 0 Å². The zero-order chi connectivity index (χ0) is 23.8. The van der Waals surface area contributed by atoms with Gasteiger partial charge in [0.2, 0.25) is 12.1 Å². The predicted octanol–water partition coefficient (Wildman–Crippen LogP) is 2.82. The molecular formula is C21H25N3O8. The molecule has 1 heterocycles. The van der Waals surface area contributed by atoms with Crippen LogP contribution in [0.15, 0.2) is 36.4 Å². The summed E-state index contributed by atoms with van der Waals surface area (Å²) in [5.74, 6) is -0.380. The maximum Gasteiger partial charge on any atom is 0.244 e. The van der Waals surface area contributed by atoms with Crippen LogP contribution in [0.3, 0.4) is 0 Å². The van der Waals surface area contributed by atoms with Crippen molar-refractivity contribution in [2.45, 2.75) is 38.0 Å². The lowest BCUT2D eigenvalue weighted by Gasteiger charge is -2.44. The van der Waals surface area contributed by atoms with E-state index in [1.807, 2.05) is 0 Å². The number of phenolic OH excluding ortho intramolecular Hbond substituents is 2. The Balaban J connectivity index is 2.25. The van der Waals surface area contributed by atoms with Gasteiger partial charge in [-0.2, -0.15) is 0 Å². The van der Waals surface area contributed by atoms with Crippen molar-refractivity contribution in [3.63, 3.8) is 0 Å². The quantitative estimate of drug-likeness (QED) is 0.447. The molecule has 0 unspecified atom stereocenters. The largest absolute Gasteiger partial charge is 0.504 e. The molecule has 0 saturated carbocycles. The lowest BCUT2D eigenvalue weighted by molar-refractivity contribution is -0.605. The van der Waals surface area contributed by atoms with Crippen LogP contribution < -0.4 is 14.8 Å². The molecule has 11 nitrogen and oxygen atoms in total. The Morgan fingerprint density at radius 1 is 0.844 bits per heavy atom. The fourth-order valence-electron chi connectivity index (χ4n) is 4.63. The van der Waals surface area contributed by atoms with Crippen molar-refractivity contribution in [2.75, 3.05) is 14.2 Å². The highest BCUT2D eigenvalue weighted by atomic mass is 16.6. The van der Waals surface area contributed by atoms with Crippen LogP contribution in [0.25, 0.3) is 0 Å². The third kappa shape index (κ3) is 3.64. The van der Waals surface area contributed by atoms with Crippen LogP contribution in [-0.2, 0) is 0 Å². The summed E-state index contributed by atoms with van der Waals surface area (Å²) in [6.07, 6.45) is 0. The van der Waals surface area contributed by atoms with Crippen molar-refractivity contribution in [3.8, 4) is 23.0 Å². The number of hydrogen-bond acceptors (Lipinski definition) is 9. The molecule has 2 aromatic carbocycles. The highest BCUT2D eigenvalue weighted by Gasteiger charge is 2.63. The molecule has 0 aromatic heterocycles. The fourth-order valence-corrected chi connectivity index (χ4v) is 4.63. The predicted molar refractivity (Wildman–Crippen MR) is 113 cm³/mol. The normalized spacial score (nSPS) is 24.5. The molecule has 3 N–H and O–H groups in total. The van der Waals surface area contributed by atoms with Crippen LogP contribution in [0.1, 0.15) is 37.1 Å². The molecule has 0 spiro atoms. The number of nitrogens with zero attached hydrogens (tertiary/aromatic N) is 2. The lowest BCUT2D eigenvalue weighted by atomic mass is 9.66. The molecule has 0 bridgehead atoms. The van der Waals surface area contributed by atoms with Gasteiger partial charge in [0, 0.05) is 21.0 Å². The number of nitrogens with one attached hydrogen (secondary N) is 1. The average Bonchev–Trinajstić information content (AvgIpc) is 2.72. The zero-order valence-corrected chi connectivity index (χ0v) is 18.0. The topological polar surface area (TPSA) is 157 Å². The number of para-hydroxylation sites is 2. The van der Waals surface area contributed by atoms with Gasteiger partial charge in [0.25, 0.3) is 0 Å². The Morgan fingerprint density at radius 2 is 1.22 bits per heavy atom. The van der Waals surface area contributed by atoms with E-state index >= 15 is 0 Å². The number of piperidine rings is 1. The van der Waals surface area contributed by atoms with Crippen LogP contribution in [0.4, 0.5) is 0 Å². The van der Waals surface area contributed by atoms with Gasteiger partial charge in [-0.1, -0.05) is 24.3 Å². The highest BCUT2D eigenvalue weighted by Crippen LogP contribution is 2.50. The first-order chi connectivity index (χ1) is 15.1. The van der Waals surface area contributed by atoms with Crippen molar-refractivity contribution in [1.29, 1.82) is 0 Å². The third-order valence-electron chi connectivity index (χ3n) is 6.14. The van der Waals surface area contributed by atoms with E-state index in [1.165, 1.54) is 52.3 Å². The van der Waals surface area contributed by atoms with Crippen molar-refractivity contribution < 1.29 is 29.5 Å². The summed E-state index contributed by atoms with van der Waals surface area (Å²) in [6, 6.07) is 3.93. The summed E-state index contributed by atoms with van der Waals surface area (Å²) >= 11 is 0. The summed E-state index contributed by atoms with van der Waals surface area (Å²) in [5, 5.41) is 48.7. The van der Waals surface area contributed by atoms with Gasteiger partial charge >= 0.3 is 0 Å². The van der Waals surface area contributed by atoms with Crippen LogP contribution in [0.2, 0.25) is 0 Å². The Hall–Kier alpha value is -3.60. The molecule has 1 aliphatic rings. The van der Waals surface area contributed by atoms with E-state index in [1.54, 1.807) is 12.1 Å². The van der Waals surface area contributed by atoms with Gasteiger partial charge < -0.3 is 19.7 Å². The molecule has 2 aromatic rings. The maximum atomic E-state index is 12.2. The summed E-state index contributed by atoms with van der Waals surface area (Å²) in [4.78, 5) is 23.2. The van der Waals surface area contributed by atoms with Gasteiger partial charge in [-0.05, 0) is 26.0 Å². The van der Waals surface area contributed by atoms with Crippen LogP contribution in [0.5, 0.6) is 23.0 Å². The van der Waals surface area contributed by atoms with Crippen LogP contribution >= 0.6 is 0 Å². The molecule has 11 heteroatoms. The van der Waals surface area contributed by atoms with Crippen molar-refractivity contribution in [3.05, 3.63) is 67.8 Å². The first-order valence-electron chi connectivity index (χ1n) is 9.81. The number of hydrogen-bond donors (Lipinski definition) is 3. The molecular weight excluding hydrogens is 422 g/mol. The molecule has 1 aliphatic heterocycles. The first-order valence-corrected chi connectivity index (χ1v) is 9.81. The number of benzene rings is 2. The Kier molecular flexibility index (Phi) is 6.13. The molecule has 0 radical (unpaired) electrons. The summed E-state index contributed by atoms with van der Waals surface area (Å²) in [5.41, 5.74) is -1.17. The first kappa shape index (κ1) is 23.1. The number of phenols is 2. The van der Waals surface area contributed by atoms with Gasteiger partial charge in [-0.15, -0.1) is 0 Å². The second kappa shape index (κ2) is 8.50. The zero-order valence-electron chi connectivity index (χ0n) is 18.0. The van der Waals surface area contributed by atoms with Crippen LogP contribution in [-0.4, -0.2) is 46.4 Å². The molecule has 0 amide bonds. The Bertz CT molecular complexity index is 962. The van der Waals surface area contributed by atoms with Gasteiger partial charge in [0.1, 0.15) is 17.5 Å². The minimum absolute atomic E-state index is 0.112. The number of nitro groups is 2. The maximum absolute atomic E-state index is 12.2.